The standard InChI is InChI=1S/C18H37NO2/c1-5-6-7-8-9-10-12-17(4)15-21-14-11-13-19-18(20)16(2)3/h16-17H,5-15H2,1-4H3,(H,19,20). The third-order valence-electron chi connectivity index (χ3n) is 3.74. The quantitative estimate of drug-likeness (QED) is 0.478. The monoisotopic (exact) mass is 299 g/mol. The molecule has 0 radical (unpaired) electrons. The normalized spacial score (nSPS) is 12.6. The summed E-state index contributed by atoms with van der Waals surface area (Å²) in [5, 5.41) is 2.91. The lowest BCUT2D eigenvalue weighted by molar-refractivity contribution is -0.124. The molecule has 126 valence electrons. The van der Waals surface area contributed by atoms with Crippen LogP contribution < -0.4 is 5.32 Å². The Morgan fingerprint density at radius 3 is 2.33 bits per heavy atom. The van der Waals surface area contributed by atoms with E-state index in [1.807, 2.05) is 13.8 Å². The van der Waals surface area contributed by atoms with Gasteiger partial charge in [-0.25, -0.2) is 0 Å². The average molecular weight is 299 g/mol. The summed E-state index contributed by atoms with van der Waals surface area (Å²) in [7, 11) is 0. The number of hydrogen-bond acceptors (Lipinski definition) is 2. The van der Waals surface area contributed by atoms with Gasteiger partial charge in [-0.2, -0.15) is 0 Å². The van der Waals surface area contributed by atoms with Crippen molar-refractivity contribution in [2.45, 2.75) is 79.1 Å². The number of nitrogens with one attached hydrogen (secondary N) is 1. The minimum absolute atomic E-state index is 0.0725. The van der Waals surface area contributed by atoms with E-state index in [2.05, 4.69) is 19.2 Å². The van der Waals surface area contributed by atoms with Gasteiger partial charge in [0, 0.05) is 25.7 Å². The molecule has 0 bridgehead atoms. The maximum Gasteiger partial charge on any atom is 0.222 e. The Hall–Kier alpha value is -0.570. The first-order valence-electron chi connectivity index (χ1n) is 8.93. The molecule has 0 aliphatic carbocycles. The van der Waals surface area contributed by atoms with Crippen molar-refractivity contribution in [2.24, 2.45) is 11.8 Å². The van der Waals surface area contributed by atoms with Crippen molar-refractivity contribution < 1.29 is 9.53 Å². The number of carbonyl (C=O) groups is 1. The highest BCUT2D eigenvalue weighted by molar-refractivity contribution is 5.77. The summed E-state index contributed by atoms with van der Waals surface area (Å²) in [5.41, 5.74) is 0. The molecule has 3 nitrogen and oxygen atoms in total. The lowest BCUT2D eigenvalue weighted by atomic mass is 10.0. The van der Waals surface area contributed by atoms with Crippen LogP contribution >= 0.6 is 0 Å². The molecule has 0 aromatic heterocycles. The van der Waals surface area contributed by atoms with E-state index >= 15 is 0 Å². The number of ether oxygens (including phenoxy) is 1. The third kappa shape index (κ3) is 14.1. The Kier molecular flexibility index (Phi) is 14.0. The van der Waals surface area contributed by atoms with E-state index in [-0.39, 0.29) is 11.8 Å². The molecule has 3 heteroatoms. The zero-order valence-corrected chi connectivity index (χ0v) is 14.7. The van der Waals surface area contributed by atoms with Crippen LogP contribution in [0.25, 0.3) is 0 Å². The predicted molar refractivity (Wildman–Crippen MR) is 90.4 cm³/mol. The summed E-state index contributed by atoms with van der Waals surface area (Å²) >= 11 is 0. The van der Waals surface area contributed by atoms with Gasteiger partial charge in [-0.05, 0) is 18.8 Å². The van der Waals surface area contributed by atoms with Gasteiger partial charge in [0.2, 0.25) is 5.91 Å². The molecule has 0 saturated heterocycles. The van der Waals surface area contributed by atoms with E-state index < -0.39 is 0 Å². The minimum Gasteiger partial charge on any atom is -0.381 e. The molecule has 1 N–H and O–H groups in total. The molecule has 0 rings (SSSR count). The van der Waals surface area contributed by atoms with Crippen LogP contribution in [-0.2, 0) is 9.53 Å². The molecule has 1 atom stereocenters. The first-order chi connectivity index (χ1) is 10.1. The van der Waals surface area contributed by atoms with Gasteiger partial charge in [0.05, 0.1) is 0 Å². The van der Waals surface area contributed by atoms with Crippen molar-refractivity contribution in [3.63, 3.8) is 0 Å². The molecule has 0 aromatic rings. The Balaban J connectivity index is 3.26. The summed E-state index contributed by atoms with van der Waals surface area (Å²) in [5.74, 6) is 0.858. The fourth-order valence-electron chi connectivity index (χ4n) is 2.23. The Morgan fingerprint density at radius 2 is 1.67 bits per heavy atom. The maximum atomic E-state index is 11.3. The highest BCUT2D eigenvalue weighted by Crippen LogP contribution is 2.12. The lowest BCUT2D eigenvalue weighted by Crippen LogP contribution is -2.29. The molecule has 0 heterocycles. The molecule has 0 saturated carbocycles. The first-order valence-corrected chi connectivity index (χ1v) is 8.93. The van der Waals surface area contributed by atoms with Crippen LogP contribution in [0.1, 0.15) is 79.1 Å². The van der Waals surface area contributed by atoms with Crippen molar-refractivity contribution >= 4 is 5.91 Å². The highest BCUT2D eigenvalue weighted by Gasteiger charge is 2.05. The number of unbranched alkanes of at least 4 members (excludes halogenated alkanes) is 5. The van der Waals surface area contributed by atoms with Crippen LogP contribution in [0.5, 0.6) is 0 Å². The summed E-state index contributed by atoms with van der Waals surface area (Å²) in [4.78, 5) is 11.3. The van der Waals surface area contributed by atoms with Crippen LogP contribution in [0.3, 0.4) is 0 Å². The second kappa shape index (κ2) is 14.4. The molecule has 0 aromatic carbocycles. The smallest absolute Gasteiger partial charge is 0.222 e. The van der Waals surface area contributed by atoms with E-state index in [0.29, 0.717) is 5.92 Å². The van der Waals surface area contributed by atoms with Crippen molar-refractivity contribution in [3.8, 4) is 0 Å². The molecule has 0 aliphatic heterocycles. The fraction of sp³-hybridized carbons (Fsp3) is 0.944. The summed E-state index contributed by atoms with van der Waals surface area (Å²) in [6.45, 7) is 10.7. The van der Waals surface area contributed by atoms with Gasteiger partial charge in [0.25, 0.3) is 0 Å². The van der Waals surface area contributed by atoms with Crippen LogP contribution in [0, 0.1) is 11.8 Å². The number of hydrogen-bond donors (Lipinski definition) is 1. The van der Waals surface area contributed by atoms with Gasteiger partial charge >= 0.3 is 0 Å². The van der Waals surface area contributed by atoms with Crippen LogP contribution in [-0.4, -0.2) is 25.7 Å². The van der Waals surface area contributed by atoms with Gasteiger partial charge in [-0.3, -0.25) is 4.79 Å². The molecule has 0 spiro atoms. The molecule has 0 fully saturated rings. The van der Waals surface area contributed by atoms with Crippen LogP contribution in [0.4, 0.5) is 0 Å². The second-order valence-electron chi connectivity index (χ2n) is 6.54. The topological polar surface area (TPSA) is 38.3 Å². The molecule has 1 unspecified atom stereocenters. The number of rotatable bonds is 14. The van der Waals surface area contributed by atoms with E-state index in [0.717, 1.165) is 26.2 Å². The largest absolute Gasteiger partial charge is 0.381 e. The van der Waals surface area contributed by atoms with E-state index in [4.69, 9.17) is 4.74 Å². The second-order valence-corrected chi connectivity index (χ2v) is 6.54. The molecular formula is C18H37NO2. The molecule has 1 amide bonds. The zero-order valence-electron chi connectivity index (χ0n) is 14.7. The van der Waals surface area contributed by atoms with Crippen molar-refractivity contribution in [3.05, 3.63) is 0 Å². The van der Waals surface area contributed by atoms with Crippen molar-refractivity contribution in [2.75, 3.05) is 19.8 Å². The van der Waals surface area contributed by atoms with Gasteiger partial charge < -0.3 is 10.1 Å². The Labute approximate surface area is 132 Å². The summed E-state index contributed by atoms with van der Waals surface area (Å²) in [6.07, 6.45) is 10.4. The Bertz CT molecular complexity index is 241. The zero-order chi connectivity index (χ0) is 15.9. The lowest BCUT2D eigenvalue weighted by Gasteiger charge is -2.12. The summed E-state index contributed by atoms with van der Waals surface area (Å²) < 4.78 is 5.68. The fourth-order valence-corrected chi connectivity index (χ4v) is 2.23. The van der Waals surface area contributed by atoms with Crippen molar-refractivity contribution in [1.82, 2.24) is 5.32 Å². The van der Waals surface area contributed by atoms with Gasteiger partial charge in [0.1, 0.15) is 0 Å². The molecular weight excluding hydrogens is 262 g/mol. The minimum atomic E-state index is 0.0725. The van der Waals surface area contributed by atoms with Crippen molar-refractivity contribution in [1.29, 1.82) is 0 Å². The highest BCUT2D eigenvalue weighted by atomic mass is 16.5. The van der Waals surface area contributed by atoms with Gasteiger partial charge in [0.15, 0.2) is 0 Å². The average Bonchev–Trinajstić information content (AvgIpc) is 2.45. The Morgan fingerprint density at radius 1 is 1.00 bits per heavy atom. The van der Waals surface area contributed by atoms with E-state index in [1.54, 1.807) is 0 Å². The maximum absolute atomic E-state index is 11.3. The SMILES string of the molecule is CCCCCCCCC(C)COCCCNC(=O)C(C)C. The number of amides is 1. The van der Waals surface area contributed by atoms with E-state index in [1.165, 1.54) is 44.9 Å². The third-order valence-corrected chi connectivity index (χ3v) is 3.74. The first kappa shape index (κ1) is 20.4. The van der Waals surface area contributed by atoms with Gasteiger partial charge in [-0.1, -0.05) is 66.2 Å². The van der Waals surface area contributed by atoms with Crippen LogP contribution in [0.15, 0.2) is 0 Å². The summed E-state index contributed by atoms with van der Waals surface area (Å²) in [6, 6.07) is 0. The number of carbonyl (C=O) groups excluding carboxylic acids is 1. The predicted octanol–water partition coefficient (Wildman–Crippen LogP) is 4.55. The molecule has 21 heavy (non-hydrogen) atoms. The van der Waals surface area contributed by atoms with Gasteiger partial charge in [-0.15, -0.1) is 0 Å². The molecule has 0 aliphatic rings. The van der Waals surface area contributed by atoms with E-state index in [9.17, 15) is 4.79 Å². The van der Waals surface area contributed by atoms with Crippen LogP contribution in [0.2, 0.25) is 0 Å².